The van der Waals surface area contributed by atoms with Crippen LogP contribution in [0.5, 0.6) is 0 Å². The Bertz CT molecular complexity index is 1130. The zero-order valence-corrected chi connectivity index (χ0v) is 17.2. The van der Waals surface area contributed by atoms with E-state index < -0.39 is 29.8 Å². The number of aromatic nitrogens is 3. The number of hydrogen-bond donors (Lipinski definition) is 0. The van der Waals surface area contributed by atoms with Crippen LogP contribution in [0.15, 0.2) is 51.8 Å². The maximum Gasteiger partial charge on any atom is 0.421 e. The van der Waals surface area contributed by atoms with Gasteiger partial charge in [0.05, 0.1) is 17.1 Å². The van der Waals surface area contributed by atoms with E-state index in [-0.39, 0.29) is 24.9 Å². The van der Waals surface area contributed by atoms with E-state index in [1.54, 1.807) is 24.3 Å². The summed E-state index contributed by atoms with van der Waals surface area (Å²) in [5.41, 5.74) is -2.07. The van der Waals surface area contributed by atoms with Crippen LogP contribution < -0.4 is 5.56 Å². The lowest BCUT2D eigenvalue weighted by molar-refractivity contribution is -0.139. The van der Waals surface area contributed by atoms with E-state index in [1.165, 1.54) is 4.90 Å². The van der Waals surface area contributed by atoms with Crippen LogP contribution in [0.3, 0.4) is 0 Å². The predicted octanol–water partition coefficient (Wildman–Crippen LogP) is 4.01. The molecule has 0 aliphatic heterocycles. The number of pyridine rings is 1. The third-order valence-electron chi connectivity index (χ3n) is 4.37. The second-order valence-corrected chi connectivity index (χ2v) is 7.06. The summed E-state index contributed by atoms with van der Waals surface area (Å²) in [5, 5.41) is 8.28. The van der Waals surface area contributed by atoms with Crippen molar-refractivity contribution in [1.82, 2.24) is 19.7 Å². The SMILES string of the molecule is CCCN(Cc1nnc(-c2ccccc2Cl)o1)C(=O)Cn1cccc(C(F)(F)F)c1=O. The molecule has 0 atom stereocenters. The first-order chi connectivity index (χ1) is 14.7. The summed E-state index contributed by atoms with van der Waals surface area (Å²) in [6.45, 7) is 1.52. The number of halogens is 4. The maximum atomic E-state index is 13.0. The van der Waals surface area contributed by atoms with Crippen molar-refractivity contribution in [3.63, 3.8) is 0 Å². The molecule has 0 saturated carbocycles. The molecule has 0 unspecified atom stereocenters. The van der Waals surface area contributed by atoms with Gasteiger partial charge in [0.2, 0.25) is 17.7 Å². The molecule has 31 heavy (non-hydrogen) atoms. The summed E-state index contributed by atoms with van der Waals surface area (Å²) in [6.07, 6.45) is -3.08. The summed E-state index contributed by atoms with van der Waals surface area (Å²) in [5.74, 6) is -0.243. The van der Waals surface area contributed by atoms with Crippen LogP contribution in [-0.2, 0) is 24.1 Å². The quantitative estimate of drug-likeness (QED) is 0.539. The van der Waals surface area contributed by atoms with Gasteiger partial charge in [-0.05, 0) is 30.7 Å². The Kier molecular flexibility index (Phi) is 6.79. The summed E-state index contributed by atoms with van der Waals surface area (Å²) in [6, 6.07) is 8.64. The highest BCUT2D eigenvalue weighted by molar-refractivity contribution is 6.33. The normalized spacial score (nSPS) is 11.5. The van der Waals surface area contributed by atoms with Crippen LogP contribution in [0.2, 0.25) is 5.02 Å². The lowest BCUT2D eigenvalue weighted by Gasteiger charge is -2.21. The molecule has 0 aliphatic carbocycles. The second kappa shape index (κ2) is 9.34. The Morgan fingerprint density at radius 2 is 1.94 bits per heavy atom. The van der Waals surface area contributed by atoms with Crippen molar-refractivity contribution in [2.75, 3.05) is 6.54 Å². The Hall–Kier alpha value is -3.14. The van der Waals surface area contributed by atoms with Gasteiger partial charge in [-0.2, -0.15) is 13.2 Å². The van der Waals surface area contributed by atoms with Crippen molar-refractivity contribution < 1.29 is 22.4 Å². The number of carbonyl (C=O) groups is 1. The smallest absolute Gasteiger partial charge is 0.419 e. The Labute approximate surface area is 180 Å². The number of benzene rings is 1. The van der Waals surface area contributed by atoms with Gasteiger partial charge in [-0.25, -0.2) is 0 Å². The number of carbonyl (C=O) groups excluding carboxylic acids is 1. The van der Waals surface area contributed by atoms with E-state index >= 15 is 0 Å². The summed E-state index contributed by atoms with van der Waals surface area (Å²) in [4.78, 5) is 26.2. The molecule has 2 heterocycles. The molecule has 3 aromatic rings. The lowest BCUT2D eigenvalue weighted by atomic mass is 10.2. The van der Waals surface area contributed by atoms with Crippen molar-refractivity contribution >= 4 is 17.5 Å². The number of hydrogen-bond acceptors (Lipinski definition) is 5. The number of alkyl halides is 3. The summed E-state index contributed by atoms with van der Waals surface area (Å²) in [7, 11) is 0. The second-order valence-electron chi connectivity index (χ2n) is 6.65. The van der Waals surface area contributed by atoms with Crippen LogP contribution in [-0.4, -0.2) is 32.1 Å². The van der Waals surface area contributed by atoms with E-state index in [9.17, 15) is 22.8 Å². The van der Waals surface area contributed by atoms with Gasteiger partial charge in [-0.3, -0.25) is 9.59 Å². The number of rotatable bonds is 7. The van der Waals surface area contributed by atoms with Gasteiger partial charge in [-0.15, -0.1) is 10.2 Å². The van der Waals surface area contributed by atoms with Crippen LogP contribution in [0.4, 0.5) is 13.2 Å². The predicted molar refractivity (Wildman–Crippen MR) is 106 cm³/mol. The molecule has 0 aliphatic rings. The third kappa shape index (κ3) is 5.32. The van der Waals surface area contributed by atoms with E-state index in [0.29, 0.717) is 23.1 Å². The van der Waals surface area contributed by atoms with Crippen LogP contribution >= 0.6 is 11.6 Å². The number of amides is 1. The highest BCUT2D eigenvalue weighted by Crippen LogP contribution is 2.27. The first kappa shape index (κ1) is 22.5. The van der Waals surface area contributed by atoms with E-state index in [0.717, 1.165) is 16.8 Å². The molecule has 3 rings (SSSR count). The van der Waals surface area contributed by atoms with Gasteiger partial charge in [0.15, 0.2) is 0 Å². The minimum Gasteiger partial charge on any atom is -0.419 e. The van der Waals surface area contributed by atoms with Gasteiger partial charge in [0.1, 0.15) is 12.1 Å². The van der Waals surface area contributed by atoms with E-state index in [2.05, 4.69) is 10.2 Å². The van der Waals surface area contributed by atoms with Gasteiger partial charge in [0.25, 0.3) is 5.56 Å². The van der Waals surface area contributed by atoms with Crippen LogP contribution in [0, 0.1) is 0 Å². The zero-order valence-electron chi connectivity index (χ0n) is 16.4. The minimum atomic E-state index is -4.80. The third-order valence-corrected chi connectivity index (χ3v) is 4.70. The van der Waals surface area contributed by atoms with Gasteiger partial charge >= 0.3 is 6.18 Å². The molecule has 7 nitrogen and oxygen atoms in total. The Morgan fingerprint density at radius 1 is 1.19 bits per heavy atom. The maximum absolute atomic E-state index is 13.0. The summed E-state index contributed by atoms with van der Waals surface area (Å²) < 4.78 is 45.2. The fourth-order valence-electron chi connectivity index (χ4n) is 2.91. The first-order valence-corrected chi connectivity index (χ1v) is 9.70. The fourth-order valence-corrected chi connectivity index (χ4v) is 3.13. The molecule has 0 radical (unpaired) electrons. The highest BCUT2D eigenvalue weighted by Gasteiger charge is 2.34. The molecule has 164 valence electrons. The average Bonchev–Trinajstić information content (AvgIpc) is 3.17. The van der Waals surface area contributed by atoms with Gasteiger partial charge in [0, 0.05) is 12.7 Å². The van der Waals surface area contributed by atoms with Crippen molar-refractivity contribution in [2.45, 2.75) is 32.6 Å². The van der Waals surface area contributed by atoms with Gasteiger partial charge < -0.3 is 13.9 Å². The monoisotopic (exact) mass is 454 g/mol. The highest BCUT2D eigenvalue weighted by atomic mass is 35.5. The average molecular weight is 455 g/mol. The van der Waals surface area contributed by atoms with E-state index in [1.807, 2.05) is 6.92 Å². The Morgan fingerprint density at radius 3 is 2.61 bits per heavy atom. The molecule has 0 fully saturated rings. The zero-order chi connectivity index (χ0) is 22.6. The standard InChI is InChI=1S/C20H18ClF3N4O3/c1-2-9-27(11-16-25-26-18(31-16)13-6-3-4-8-15(13)21)17(29)12-28-10-5-7-14(19(28)30)20(22,23)24/h3-8,10H,2,9,11-12H2,1H3. The number of nitrogens with zero attached hydrogens (tertiary/aromatic N) is 4. The molecule has 0 bridgehead atoms. The fraction of sp³-hybridized carbons (Fsp3) is 0.300. The largest absolute Gasteiger partial charge is 0.421 e. The molecule has 2 aromatic heterocycles. The molecule has 1 aromatic carbocycles. The van der Waals surface area contributed by atoms with E-state index in [4.69, 9.17) is 16.0 Å². The molecular weight excluding hydrogens is 437 g/mol. The van der Waals surface area contributed by atoms with Crippen molar-refractivity contribution in [3.05, 3.63) is 69.4 Å². The van der Waals surface area contributed by atoms with Gasteiger partial charge in [-0.1, -0.05) is 30.7 Å². The van der Waals surface area contributed by atoms with Crippen molar-refractivity contribution in [1.29, 1.82) is 0 Å². The Balaban J connectivity index is 1.78. The van der Waals surface area contributed by atoms with Crippen molar-refractivity contribution in [2.24, 2.45) is 0 Å². The summed E-state index contributed by atoms with van der Waals surface area (Å²) >= 11 is 6.12. The topological polar surface area (TPSA) is 81.2 Å². The van der Waals surface area contributed by atoms with Crippen molar-refractivity contribution in [3.8, 4) is 11.5 Å². The molecular formula is C20H18ClF3N4O3. The molecule has 0 saturated heterocycles. The van der Waals surface area contributed by atoms with Crippen LogP contribution in [0.1, 0.15) is 24.8 Å². The molecule has 1 amide bonds. The minimum absolute atomic E-state index is 0.0577. The lowest BCUT2D eigenvalue weighted by Crippen LogP contribution is -2.38. The molecule has 0 spiro atoms. The molecule has 0 N–H and O–H groups in total. The first-order valence-electron chi connectivity index (χ1n) is 9.32. The molecule has 11 heteroatoms. The van der Waals surface area contributed by atoms with Crippen LogP contribution in [0.25, 0.3) is 11.5 Å².